The number of nitrogens with zero attached hydrogens (tertiary/aromatic N) is 1. The van der Waals surface area contributed by atoms with Crippen molar-refractivity contribution in [2.45, 2.75) is 13.0 Å². The maximum atomic E-state index is 10.9. The third-order valence-corrected chi connectivity index (χ3v) is 2.59. The molecule has 7 heteroatoms. The van der Waals surface area contributed by atoms with Crippen LogP contribution in [0.15, 0.2) is 18.2 Å². The molecule has 0 heterocycles. The van der Waals surface area contributed by atoms with Gasteiger partial charge < -0.3 is 19.9 Å². The molecular formula is C13H20N2O5. The molecule has 0 aromatic heterocycles. The van der Waals surface area contributed by atoms with Crippen LogP contribution in [0.5, 0.6) is 5.75 Å². The zero-order chi connectivity index (χ0) is 14.8. The van der Waals surface area contributed by atoms with E-state index in [0.717, 1.165) is 5.56 Å². The Morgan fingerprint density at radius 2 is 2.20 bits per heavy atom. The Bertz CT molecular complexity index is 425. The summed E-state index contributed by atoms with van der Waals surface area (Å²) >= 11 is 0. The van der Waals surface area contributed by atoms with Crippen molar-refractivity contribution < 1.29 is 19.5 Å². The van der Waals surface area contributed by atoms with Crippen LogP contribution < -0.4 is 10.1 Å². The monoisotopic (exact) mass is 284 g/mol. The van der Waals surface area contributed by atoms with E-state index in [0.29, 0.717) is 26.1 Å². The Balaban J connectivity index is 2.68. The Morgan fingerprint density at radius 3 is 2.85 bits per heavy atom. The van der Waals surface area contributed by atoms with Crippen molar-refractivity contribution in [2.24, 2.45) is 0 Å². The second-order valence-electron chi connectivity index (χ2n) is 4.15. The Morgan fingerprint density at radius 1 is 1.40 bits per heavy atom. The number of aliphatic hydroxyl groups excluding tert-OH is 1. The van der Waals surface area contributed by atoms with Crippen molar-refractivity contribution in [2.75, 3.05) is 33.5 Å². The van der Waals surface area contributed by atoms with E-state index in [2.05, 4.69) is 5.32 Å². The molecule has 0 spiro atoms. The summed E-state index contributed by atoms with van der Waals surface area (Å²) in [6, 6.07) is 4.77. The number of nitro benzene ring substituents is 1. The molecule has 1 aromatic carbocycles. The fraction of sp³-hybridized carbons (Fsp3) is 0.538. The van der Waals surface area contributed by atoms with Gasteiger partial charge in [-0.05, 0) is 11.6 Å². The second-order valence-corrected chi connectivity index (χ2v) is 4.15. The molecule has 0 saturated heterocycles. The maximum absolute atomic E-state index is 10.9. The average molecular weight is 284 g/mol. The summed E-state index contributed by atoms with van der Waals surface area (Å²) < 4.78 is 10.3. The molecule has 0 unspecified atom stereocenters. The summed E-state index contributed by atoms with van der Waals surface area (Å²) in [5.41, 5.74) is 0.828. The minimum atomic E-state index is -0.476. The molecule has 7 nitrogen and oxygen atoms in total. The van der Waals surface area contributed by atoms with Gasteiger partial charge in [-0.25, -0.2) is 0 Å². The van der Waals surface area contributed by atoms with Crippen LogP contribution in [0.1, 0.15) is 12.0 Å². The normalized spacial score (nSPS) is 10.5. The quantitative estimate of drug-likeness (QED) is 0.379. The fourth-order valence-corrected chi connectivity index (χ4v) is 1.59. The standard InChI is InChI=1S/C13H20N2O5/c1-19-8-5-14-10-11-3-4-12(15(17)18)13(9-11)20-7-2-6-16/h3-4,9,14,16H,2,5-8,10H2,1H3. The number of nitrogens with one attached hydrogen (secondary N) is 1. The lowest BCUT2D eigenvalue weighted by molar-refractivity contribution is -0.385. The minimum absolute atomic E-state index is 0.00788. The lowest BCUT2D eigenvalue weighted by Gasteiger charge is -2.09. The van der Waals surface area contributed by atoms with E-state index in [-0.39, 0.29) is 24.7 Å². The Labute approximate surface area is 117 Å². The number of hydrogen-bond acceptors (Lipinski definition) is 6. The highest BCUT2D eigenvalue weighted by Gasteiger charge is 2.15. The molecule has 0 fully saturated rings. The summed E-state index contributed by atoms with van der Waals surface area (Å²) in [5, 5.41) is 22.8. The van der Waals surface area contributed by atoms with Gasteiger partial charge >= 0.3 is 5.69 Å². The summed E-state index contributed by atoms with van der Waals surface area (Å²) in [4.78, 5) is 10.4. The lowest BCUT2D eigenvalue weighted by Crippen LogP contribution is -2.18. The smallest absolute Gasteiger partial charge is 0.310 e. The number of aliphatic hydroxyl groups is 1. The highest BCUT2D eigenvalue weighted by molar-refractivity contribution is 5.48. The van der Waals surface area contributed by atoms with E-state index in [1.807, 2.05) is 0 Å². The topological polar surface area (TPSA) is 93.9 Å². The second kappa shape index (κ2) is 9.24. The van der Waals surface area contributed by atoms with Crippen LogP contribution in [0, 0.1) is 10.1 Å². The number of nitro groups is 1. The first-order valence-corrected chi connectivity index (χ1v) is 6.39. The summed E-state index contributed by atoms with van der Waals surface area (Å²) in [5.74, 6) is 0.231. The van der Waals surface area contributed by atoms with Gasteiger partial charge in [-0.3, -0.25) is 10.1 Å². The molecule has 0 amide bonds. The molecule has 1 rings (SSSR count). The first-order chi connectivity index (χ1) is 9.69. The van der Waals surface area contributed by atoms with Crippen LogP contribution in [0.2, 0.25) is 0 Å². The fourth-order valence-electron chi connectivity index (χ4n) is 1.59. The first kappa shape index (κ1) is 16.4. The molecular weight excluding hydrogens is 264 g/mol. The van der Waals surface area contributed by atoms with E-state index >= 15 is 0 Å². The number of benzene rings is 1. The summed E-state index contributed by atoms with van der Waals surface area (Å²) in [6.07, 6.45) is 0.438. The first-order valence-electron chi connectivity index (χ1n) is 6.39. The highest BCUT2D eigenvalue weighted by Crippen LogP contribution is 2.28. The average Bonchev–Trinajstić information content (AvgIpc) is 2.44. The molecule has 0 bridgehead atoms. The Hall–Kier alpha value is -1.70. The molecule has 2 N–H and O–H groups in total. The Kier molecular flexibility index (Phi) is 7.56. The van der Waals surface area contributed by atoms with Crippen LogP contribution >= 0.6 is 0 Å². The van der Waals surface area contributed by atoms with Crippen molar-refractivity contribution in [1.82, 2.24) is 5.32 Å². The number of hydrogen-bond donors (Lipinski definition) is 2. The molecule has 0 radical (unpaired) electrons. The molecule has 0 atom stereocenters. The van der Waals surface area contributed by atoms with Crippen molar-refractivity contribution in [1.29, 1.82) is 0 Å². The van der Waals surface area contributed by atoms with Gasteiger partial charge in [0.05, 0.1) is 18.1 Å². The van der Waals surface area contributed by atoms with Gasteiger partial charge in [0.25, 0.3) is 0 Å². The molecule has 0 aliphatic rings. The third-order valence-electron chi connectivity index (χ3n) is 2.59. The van der Waals surface area contributed by atoms with Crippen LogP contribution in [-0.2, 0) is 11.3 Å². The zero-order valence-corrected chi connectivity index (χ0v) is 11.5. The van der Waals surface area contributed by atoms with Gasteiger partial charge in [0, 0.05) is 39.3 Å². The maximum Gasteiger partial charge on any atom is 0.310 e. The van der Waals surface area contributed by atoms with E-state index in [1.165, 1.54) is 6.07 Å². The minimum Gasteiger partial charge on any atom is -0.487 e. The molecule has 1 aromatic rings. The molecule has 0 aliphatic heterocycles. The lowest BCUT2D eigenvalue weighted by atomic mass is 10.2. The van der Waals surface area contributed by atoms with Gasteiger partial charge in [-0.15, -0.1) is 0 Å². The predicted octanol–water partition coefficient (Wildman–Crippen LogP) is 1.09. The third kappa shape index (κ3) is 5.52. The van der Waals surface area contributed by atoms with Crippen molar-refractivity contribution in [3.63, 3.8) is 0 Å². The largest absolute Gasteiger partial charge is 0.487 e. The van der Waals surface area contributed by atoms with Crippen molar-refractivity contribution >= 4 is 5.69 Å². The summed E-state index contributed by atoms with van der Waals surface area (Å²) in [7, 11) is 1.63. The number of rotatable bonds is 10. The van der Waals surface area contributed by atoms with E-state index in [1.54, 1.807) is 19.2 Å². The molecule has 20 heavy (non-hydrogen) atoms. The molecule has 112 valence electrons. The highest BCUT2D eigenvalue weighted by atomic mass is 16.6. The van der Waals surface area contributed by atoms with Crippen LogP contribution in [0.25, 0.3) is 0 Å². The van der Waals surface area contributed by atoms with E-state index < -0.39 is 4.92 Å². The predicted molar refractivity (Wildman–Crippen MR) is 73.9 cm³/mol. The summed E-state index contributed by atoms with van der Waals surface area (Å²) in [6.45, 7) is 2.13. The molecule has 0 aliphatic carbocycles. The van der Waals surface area contributed by atoms with Crippen molar-refractivity contribution in [3.8, 4) is 5.75 Å². The van der Waals surface area contributed by atoms with Gasteiger partial charge in [0.1, 0.15) is 0 Å². The van der Waals surface area contributed by atoms with Crippen LogP contribution in [0.4, 0.5) is 5.69 Å². The molecule has 0 saturated carbocycles. The van der Waals surface area contributed by atoms with E-state index in [4.69, 9.17) is 14.6 Å². The zero-order valence-electron chi connectivity index (χ0n) is 11.5. The number of methoxy groups -OCH3 is 1. The van der Waals surface area contributed by atoms with E-state index in [9.17, 15) is 10.1 Å². The van der Waals surface area contributed by atoms with Gasteiger partial charge in [0.2, 0.25) is 0 Å². The van der Waals surface area contributed by atoms with Crippen LogP contribution in [-0.4, -0.2) is 43.5 Å². The van der Waals surface area contributed by atoms with Gasteiger partial charge in [-0.2, -0.15) is 0 Å². The van der Waals surface area contributed by atoms with Gasteiger partial charge in [0.15, 0.2) is 5.75 Å². The number of ether oxygens (including phenoxy) is 2. The van der Waals surface area contributed by atoms with Crippen LogP contribution in [0.3, 0.4) is 0 Å². The SMILES string of the molecule is COCCNCc1ccc([N+](=O)[O-])c(OCCCO)c1. The van der Waals surface area contributed by atoms with Gasteiger partial charge in [-0.1, -0.05) is 6.07 Å². The van der Waals surface area contributed by atoms with Crippen molar-refractivity contribution in [3.05, 3.63) is 33.9 Å².